The monoisotopic (exact) mass is 346 g/mol. The highest BCUT2D eigenvalue weighted by molar-refractivity contribution is 5.60. The predicted octanol–water partition coefficient (Wildman–Crippen LogP) is 4.98. The summed E-state index contributed by atoms with van der Waals surface area (Å²) >= 11 is 0. The van der Waals surface area contributed by atoms with Crippen molar-refractivity contribution in [3.05, 3.63) is 18.2 Å². The first-order chi connectivity index (χ1) is 12.2. The molecule has 0 heterocycles. The highest BCUT2D eigenvalue weighted by atomic mass is 16.7. The number of anilines is 2. The minimum absolute atomic E-state index is 0.269. The van der Waals surface area contributed by atoms with E-state index in [-0.39, 0.29) is 6.79 Å². The van der Waals surface area contributed by atoms with Crippen molar-refractivity contribution in [3.63, 3.8) is 0 Å². The minimum Gasteiger partial charge on any atom is -0.465 e. The maximum absolute atomic E-state index is 5.93. The summed E-state index contributed by atoms with van der Waals surface area (Å²) in [7, 11) is 0. The normalized spacial score (nSPS) is 30.1. The number of hydrogen-bond acceptors (Lipinski definition) is 4. The second kappa shape index (κ2) is 8.79. The van der Waals surface area contributed by atoms with Crippen molar-refractivity contribution in [1.82, 2.24) is 0 Å². The molecule has 25 heavy (non-hydrogen) atoms. The quantitative estimate of drug-likeness (QED) is 0.563. The lowest BCUT2D eigenvalue weighted by Gasteiger charge is -2.37. The van der Waals surface area contributed by atoms with Crippen LogP contribution in [0.25, 0.3) is 0 Å². The van der Waals surface area contributed by atoms with Gasteiger partial charge in [-0.15, -0.1) is 0 Å². The Kier molecular flexibility index (Phi) is 6.46. The lowest BCUT2D eigenvalue weighted by atomic mass is 9.70. The van der Waals surface area contributed by atoms with E-state index in [0.717, 1.165) is 17.8 Å². The maximum atomic E-state index is 5.93. The van der Waals surface area contributed by atoms with E-state index >= 15 is 0 Å². The van der Waals surface area contributed by atoms with Crippen LogP contribution in [0.1, 0.15) is 64.7 Å². The highest BCUT2D eigenvalue weighted by Crippen LogP contribution is 2.41. The van der Waals surface area contributed by atoms with Crippen LogP contribution in [0.5, 0.6) is 5.75 Å². The third-order valence-electron chi connectivity index (χ3n) is 6.41. The fourth-order valence-electron chi connectivity index (χ4n) is 4.69. The minimum atomic E-state index is 0.269. The summed E-state index contributed by atoms with van der Waals surface area (Å²) in [6.45, 7) is 2.61. The Morgan fingerprint density at radius 3 is 2.16 bits per heavy atom. The Hall–Kier alpha value is -1.42. The Bertz CT molecular complexity index is 533. The van der Waals surface area contributed by atoms with Crippen LogP contribution in [0.4, 0.5) is 11.4 Å². The zero-order chi connectivity index (χ0) is 17.6. The van der Waals surface area contributed by atoms with Crippen molar-refractivity contribution in [1.29, 1.82) is 0 Å². The molecule has 2 aliphatic carbocycles. The van der Waals surface area contributed by atoms with Crippen molar-refractivity contribution in [2.45, 2.75) is 70.8 Å². The first-order valence-corrected chi connectivity index (χ1v) is 10.0. The Balaban J connectivity index is 1.35. The molecule has 0 radical (unpaired) electrons. The van der Waals surface area contributed by atoms with Crippen LogP contribution in [-0.4, -0.2) is 12.9 Å². The highest BCUT2D eigenvalue weighted by Gasteiger charge is 2.30. The molecule has 2 fully saturated rings. The van der Waals surface area contributed by atoms with E-state index in [9.17, 15) is 0 Å². The molecule has 0 spiro atoms. The topological polar surface area (TPSA) is 70.5 Å². The average Bonchev–Trinajstić information content (AvgIpc) is 2.64. The van der Waals surface area contributed by atoms with Crippen molar-refractivity contribution < 1.29 is 9.47 Å². The van der Waals surface area contributed by atoms with Gasteiger partial charge >= 0.3 is 0 Å². The summed E-state index contributed by atoms with van der Waals surface area (Å²) in [5.41, 5.74) is 12.8. The van der Waals surface area contributed by atoms with Crippen molar-refractivity contribution >= 4 is 11.4 Å². The van der Waals surface area contributed by atoms with E-state index in [2.05, 4.69) is 6.92 Å². The third-order valence-corrected chi connectivity index (χ3v) is 6.41. The molecule has 1 aromatic carbocycles. The summed E-state index contributed by atoms with van der Waals surface area (Å²) in [6.07, 6.45) is 12.5. The number of ether oxygens (including phenoxy) is 2. The van der Waals surface area contributed by atoms with E-state index in [0.29, 0.717) is 23.2 Å². The van der Waals surface area contributed by atoms with Gasteiger partial charge in [-0.25, -0.2) is 0 Å². The smallest absolute Gasteiger partial charge is 0.189 e. The zero-order valence-corrected chi connectivity index (χ0v) is 15.6. The molecule has 0 atom stereocenters. The number of nitrogen functional groups attached to an aromatic ring is 2. The summed E-state index contributed by atoms with van der Waals surface area (Å²) in [6, 6.07) is 5.32. The lowest BCUT2D eigenvalue weighted by molar-refractivity contribution is -0.0590. The molecule has 0 aromatic heterocycles. The Morgan fingerprint density at radius 1 is 0.920 bits per heavy atom. The first kappa shape index (κ1) is 18.4. The zero-order valence-electron chi connectivity index (χ0n) is 15.6. The van der Waals surface area contributed by atoms with Crippen LogP contribution in [0.3, 0.4) is 0 Å². The van der Waals surface area contributed by atoms with Crippen LogP contribution in [0.15, 0.2) is 18.2 Å². The van der Waals surface area contributed by atoms with Gasteiger partial charge in [0.15, 0.2) is 6.79 Å². The summed E-state index contributed by atoms with van der Waals surface area (Å²) in [5, 5.41) is 0. The fourth-order valence-corrected chi connectivity index (χ4v) is 4.69. The van der Waals surface area contributed by atoms with E-state index in [1.807, 2.05) is 0 Å². The van der Waals surface area contributed by atoms with Gasteiger partial charge in [0.1, 0.15) is 5.75 Å². The molecule has 4 N–H and O–H groups in total. The van der Waals surface area contributed by atoms with Gasteiger partial charge in [-0.1, -0.05) is 26.2 Å². The molecule has 0 saturated heterocycles. The molecule has 0 aliphatic heterocycles. The molecular formula is C21H34N2O2. The standard InChI is InChI=1S/C21H34N2O2/c1-2-15-3-5-16(6-4-15)17-7-10-19(11-8-17)24-14-25-21-12-9-18(22)13-20(21)23/h9,12-13,15-17,19H,2-8,10-11,14,22-23H2,1H3. The summed E-state index contributed by atoms with van der Waals surface area (Å²) in [4.78, 5) is 0. The SMILES string of the molecule is CCC1CCC(C2CCC(OCOc3ccc(N)cc3N)CC2)CC1. The van der Waals surface area contributed by atoms with E-state index in [1.54, 1.807) is 18.2 Å². The molecule has 2 saturated carbocycles. The van der Waals surface area contributed by atoms with Crippen LogP contribution in [0, 0.1) is 17.8 Å². The second-order valence-electron chi connectivity index (χ2n) is 7.95. The number of hydrogen-bond donors (Lipinski definition) is 2. The van der Waals surface area contributed by atoms with Crippen molar-refractivity contribution in [2.24, 2.45) is 17.8 Å². The number of nitrogens with two attached hydrogens (primary N) is 2. The van der Waals surface area contributed by atoms with Crippen LogP contribution >= 0.6 is 0 Å². The lowest BCUT2D eigenvalue weighted by Crippen LogP contribution is -2.29. The van der Waals surface area contributed by atoms with Gasteiger partial charge in [0.2, 0.25) is 0 Å². The number of rotatable bonds is 6. The molecule has 1 aromatic rings. The molecule has 4 nitrogen and oxygen atoms in total. The van der Waals surface area contributed by atoms with Gasteiger partial charge < -0.3 is 20.9 Å². The molecule has 0 bridgehead atoms. The molecule has 3 rings (SSSR count). The summed E-state index contributed by atoms with van der Waals surface area (Å²) in [5.74, 6) is 3.53. The van der Waals surface area contributed by atoms with Crippen molar-refractivity contribution in [3.8, 4) is 5.75 Å². The largest absolute Gasteiger partial charge is 0.465 e. The maximum Gasteiger partial charge on any atom is 0.189 e. The van der Waals surface area contributed by atoms with Crippen LogP contribution in [-0.2, 0) is 4.74 Å². The van der Waals surface area contributed by atoms with Gasteiger partial charge in [-0.2, -0.15) is 0 Å². The summed E-state index contributed by atoms with van der Waals surface area (Å²) < 4.78 is 11.6. The molecule has 0 unspecified atom stereocenters. The van der Waals surface area contributed by atoms with Gasteiger partial charge in [0.05, 0.1) is 11.8 Å². The van der Waals surface area contributed by atoms with Gasteiger partial charge in [0.25, 0.3) is 0 Å². The average molecular weight is 347 g/mol. The van der Waals surface area contributed by atoms with Gasteiger partial charge in [-0.3, -0.25) is 0 Å². The van der Waals surface area contributed by atoms with E-state index in [1.165, 1.54) is 57.8 Å². The molecular weight excluding hydrogens is 312 g/mol. The van der Waals surface area contributed by atoms with Crippen LogP contribution in [0.2, 0.25) is 0 Å². The molecule has 0 amide bonds. The van der Waals surface area contributed by atoms with Crippen molar-refractivity contribution in [2.75, 3.05) is 18.3 Å². The molecule has 140 valence electrons. The Labute approximate surface area is 152 Å². The fraction of sp³-hybridized carbons (Fsp3) is 0.714. The van der Waals surface area contributed by atoms with E-state index in [4.69, 9.17) is 20.9 Å². The van der Waals surface area contributed by atoms with Crippen LogP contribution < -0.4 is 16.2 Å². The Morgan fingerprint density at radius 2 is 1.56 bits per heavy atom. The van der Waals surface area contributed by atoms with E-state index < -0.39 is 0 Å². The third kappa shape index (κ3) is 5.04. The molecule has 2 aliphatic rings. The van der Waals surface area contributed by atoms with Gasteiger partial charge in [-0.05, 0) is 74.5 Å². The number of benzene rings is 1. The predicted molar refractivity (Wildman–Crippen MR) is 103 cm³/mol. The second-order valence-corrected chi connectivity index (χ2v) is 7.95. The molecule has 4 heteroatoms. The first-order valence-electron chi connectivity index (χ1n) is 10.0. The van der Waals surface area contributed by atoms with Gasteiger partial charge in [0, 0.05) is 5.69 Å².